The van der Waals surface area contributed by atoms with Crippen molar-refractivity contribution in [3.05, 3.63) is 33.9 Å². The standard InChI is InChI=1S/C13H18N4O4/c1-13(2)8-21-6-5-16(13)12(18)10-7-9(15-14)3-4-11(10)17(19)20/h3-4,7,15H,5-6,8,14H2,1-2H3. The minimum absolute atomic E-state index is 0.0189. The van der Waals surface area contributed by atoms with Crippen molar-refractivity contribution in [2.45, 2.75) is 19.4 Å². The first-order valence-corrected chi connectivity index (χ1v) is 6.51. The van der Waals surface area contributed by atoms with Gasteiger partial charge in [0.05, 0.1) is 23.7 Å². The summed E-state index contributed by atoms with van der Waals surface area (Å²) in [4.78, 5) is 24.9. The molecule has 8 heteroatoms. The molecule has 3 N–H and O–H groups in total. The molecule has 0 spiro atoms. The van der Waals surface area contributed by atoms with E-state index in [2.05, 4.69) is 5.43 Å². The van der Waals surface area contributed by atoms with E-state index >= 15 is 0 Å². The molecular weight excluding hydrogens is 276 g/mol. The molecule has 1 saturated heterocycles. The Morgan fingerprint density at radius 2 is 2.24 bits per heavy atom. The number of carbonyl (C=O) groups is 1. The van der Waals surface area contributed by atoms with Gasteiger partial charge < -0.3 is 15.1 Å². The summed E-state index contributed by atoms with van der Waals surface area (Å²) in [6.07, 6.45) is 0. The van der Waals surface area contributed by atoms with Crippen molar-refractivity contribution in [1.29, 1.82) is 0 Å². The van der Waals surface area contributed by atoms with E-state index in [1.165, 1.54) is 18.2 Å². The van der Waals surface area contributed by atoms with Gasteiger partial charge >= 0.3 is 0 Å². The number of nitro groups is 1. The number of morpholine rings is 1. The van der Waals surface area contributed by atoms with Crippen molar-refractivity contribution in [1.82, 2.24) is 4.90 Å². The maximum absolute atomic E-state index is 12.7. The predicted molar refractivity (Wildman–Crippen MR) is 76.8 cm³/mol. The van der Waals surface area contributed by atoms with Gasteiger partial charge in [-0.05, 0) is 26.0 Å². The summed E-state index contributed by atoms with van der Waals surface area (Å²) in [5, 5.41) is 11.1. The number of hydrogen-bond acceptors (Lipinski definition) is 6. The molecule has 114 valence electrons. The highest BCUT2D eigenvalue weighted by Gasteiger charge is 2.37. The Hall–Kier alpha value is -2.19. The first-order valence-electron chi connectivity index (χ1n) is 6.51. The predicted octanol–water partition coefficient (Wildman–Crippen LogP) is 1.13. The van der Waals surface area contributed by atoms with Crippen LogP contribution in [0.5, 0.6) is 0 Å². The lowest BCUT2D eigenvalue weighted by Gasteiger charge is -2.42. The highest BCUT2D eigenvalue weighted by Crippen LogP contribution is 2.28. The van der Waals surface area contributed by atoms with Gasteiger partial charge in [-0.15, -0.1) is 0 Å². The molecule has 1 aliphatic rings. The summed E-state index contributed by atoms with van der Waals surface area (Å²) in [5.41, 5.74) is 2.10. The SMILES string of the molecule is CC1(C)COCCN1C(=O)c1cc(NN)ccc1[N+](=O)[O-]. The number of hydrazine groups is 1. The first-order chi connectivity index (χ1) is 9.86. The van der Waals surface area contributed by atoms with Crippen molar-refractivity contribution in [2.75, 3.05) is 25.2 Å². The largest absolute Gasteiger partial charge is 0.377 e. The maximum atomic E-state index is 12.7. The molecule has 21 heavy (non-hydrogen) atoms. The van der Waals surface area contributed by atoms with Crippen LogP contribution in [0, 0.1) is 10.1 Å². The van der Waals surface area contributed by atoms with Crippen molar-refractivity contribution < 1.29 is 14.5 Å². The van der Waals surface area contributed by atoms with Crippen LogP contribution in [0.2, 0.25) is 0 Å². The third-order valence-corrected chi connectivity index (χ3v) is 3.48. The fraction of sp³-hybridized carbons (Fsp3) is 0.462. The minimum atomic E-state index is -0.568. The van der Waals surface area contributed by atoms with Crippen LogP contribution in [0.3, 0.4) is 0 Å². The number of amides is 1. The Bertz CT molecular complexity index is 573. The van der Waals surface area contributed by atoms with E-state index in [4.69, 9.17) is 10.6 Å². The molecule has 0 aromatic heterocycles. The van der Waals surface area contributed by atoms with E-state index in [0.717, 1.165) is 0 Å². The zero-order chi connectivity index (χ0) is 15.6. The Kier molecular flexibility index (Phi) is 4.10. The molecule has 0 unspecified atom stereocenters. The number of benzene rings is 1. The summed E-state index contributed by atoms with van der Waals surface area (Å²) < 4.78 is 5.36. The van der Waals surface area contributed by atoms with Crippen LogP contribution in [0.25, 0.3) is 0 Å². The molecule has 1 amide bonds. The Morgan fingerprint density at radius 1 is 1.52 bits per heavy atom. The highest BCUT2D eigenvalue weighted by molar-refractivity contribution is 5.99. The monoisotopic (exact) mass is 294 g/mol. The molecule has 0 aliphatic carbocycles. The summed E-state index contributed by atoms with van der Waals surface area (Å²) in [7, 11) is 0. The van der Waals surface area contributed by atoms with Crippen molar-refractivity contribution in [3.8, 4) is 0 Å². The zero-order valence-corrected chi connectivity index (χ0v) is 12.0. The lowest BCUT2D eigenvalue weighted by atomic mass is 10.00. The topological polar surface area (TPSA) is 111 Å². The Labute approximate surface area is 122 Å². The zero-order valence-electron chi connectivity index (χ0n) is 12.0. The first kappa shape index (κ1) is 15.2. The van der Waals surface area contributed by atoms with E-state index in [9.17, 15) is 14.9 Å². The summed E-state index contributed by atoms with van der Waals surface area (Å²) in [5.74, 6) is 4.92. The number of hydrogen-bond donors (Lipinski definition) is 2. The molecule has 8 nitrogen and oxygen atoms in total. The average molecular weight is 294 g/mol. The lowest BCUT2D eigenvalue weighted by molar-refractivity contribution is -0.385. The summed E-state index contributed by atoms with van der Waals surface area (Å²) >= 11 is 0. The van der Waals surface area contributed by atoms with Gasteiger partial charge in [-0.3, -0.25) is 20.8 Å². The number of carbonyl (C=O) groups excluding carboxylic acids is 1. The minimum Gasteiger partial charge on any atom is -0.377 e. The molecular formula is C13H18N4O4. The number of nitrogens with one attached hydrogen (secondary N) is 1. The van der Waals surface area contributed by atoms with Crippen LogP contribution < -0.4 is 11.3 Å². The molecule has 1 aromatic carbocycles. The van der Waals surface area contributed by atoms with Crippen molar-refractivity contribution in [3.63, 3.8) is 0 Å². The second-order valence-corrected chi connectivity index (χ2v) is 5.46. The van der Waals surface area contributed by atoms with Gasteiger partial charge in [0.2, 0.25) is 0 Å². The number of rotatable bonds is 3. The van der Waals surface area contributed by atoms with E-state index in [1.54, 1.807) is 4.90 Å². The summed E-state index contributed by atoms with van der Waals surface area (Å²) in [6.45, 7) is 4.92. The average Bonchev–Trinajstić information content (AvgIpc) is 2.45. The van der Waals surface area contributed by atoms with Crippen LogP contribution in [-0.2, 0) is 4.74 Å². The number of nitro benzene ring substituents is 1. The number of nitrogens with two attached hydrogens (primary N) is 1. The molecule has 2 rings (SSSR count). The van der Waals surface area contributed by atoms with Gasteiger partial charge in [0.15, 0.2) is 0 Å². The maximum Gasteiger partial charge on any atom is 0.282 e. The smallest absolute Gasteiger partial charge is 0.282 e. The number of nitrogens with zero attached hydrogens (tertiary/aromatic N) is 2. The molecule has 1 aromatic rings. The van der Waals surface area contributed by atoms with Crippen LogP contribution in [0.15, 0.2) is 18.2 Å². The van der Waals surface area contributed by atoms with Crippen LogP contribution >= 0.6 is 0 Å². The van der Waals surface area contributed by atoms with Gasteiger partial charge in [0, 0.05) is 18.3 Å². The van der Waals surface area contributed by atoms with Gasteiger partial charge in [-0.2, -0.15) is 0 Å². The number of anilines is 1. The fourth-order valence-corrected chi connectivity index (χ4v) is 2.34. The quantitative estimate of drug-likeness (QED) is 0.491. The van der Waals surface area contributed by atoms with E-state index in [0.29, 0.717) is 25.4 Å². The Morgan fingerprint density at radius 3 is 2.81 bits per heavy atom. The van der Waals surface area contributed by atoms with Gasteiger partial charge in [0.25, 0.3) is 11.6 Å². The normalized spacial score (nSPS) is 17.4. The lowest BCUT2D eigenvalue weighted by Crippen LogP contribution is -2.55. The van der Waals surface area contributed by atoms with E-state index in [-0.39, 0.29) is 11.3 Å². The second-order valence-electron chi connectivity index (χ2n) is 5.46. The van der Waals surface area contributed by atoms with Crippen molar-refractivity contribution in [2.24, 2.45) is 5.84 Å². The Balaban J connectivity index is 2.44. The van der Waals surface area contributed by atoms with E-state index < -0.39 is 16.4 Å². The van der Waals surface area contributed by atoms with Gasteiger partial charge in [0.1, 0.15) is 5.56 Å². The molecule has 0 saturated carbocycles. The highest BCUT2D eigenvalue weighted by atomic mass is 16.6. The van der Waals surface area contributed by atoms with Crippen LogP contribution in [-0.4, -0.2) is 41.0 Å². The third-order valence-electron chi connectivity index (χ3n) is 3.48. The van der Waals surface area contributed by atoms with Gasteiger partial charge in [-0.25, -0.2) is 0 Å². The van der Waals surface area contributed by atoms with Gasteiger partial charge in [-0.1, -0.05) is 0 Å². The molecule has 1 aliphatic heterocycles. The fourth-order valence-electron chi connectivity index (χ4n) is 2.34. The third kappa shape index (κ3) is 2.96. The molecule has 1 fully saturated rings. The summed E-state index contributed by atoms with van der Waals surface area (Å²) in [6, 6.07) is 4.13. The number of nitrogen functional groups attached to an aromatic ring is 1. The number of ether oxygens (including phenoxy) is 1. The molecule has 0 radical (unpaired) electrons. The van der Waals surface area contributed by atoms with Crippen molar-refractivity contribution >= 4 is 17.3 Å². The van der Waals surface area contributed by atoms with Crippen LogP contribution in [0.4, 0.5) is 11.4 Å². The van der Waals surface area contributed by atoms with Crippen LogP contribution in [0.1, 0.15) is 24.2 Å². The molecule has 0 atom stereocenters. The molecule has 0 bridgehead atoms. The second kappa shape index (κ2) is 5.66. The molecule has 1 heterocycles. The van der Waals surface area contributed by atoms with E-state index in [1.807, 2.05) is 13.8 Å².